The number of rotatable bonds is 7. The maximum Gasteiger partial charge on any atom is 0.319 e. The van der Waals surface area contributed by atoms with Crippen LogP contribution in [0.5, 0.6) is 0 Å². The van der Waals surface area contributed by atoms with Crippen LogP contribution in [-0.2, 0) is 0 Å². The Balaban J connectivity index is 2.73. The van der Waals surface area contributed by atoms with Gasteiger partial charge in [-0.3, -0.25) is 10.1 Å². The van der Waals surface area contributed by atoms with Gasteiger partial charge in [0.15, 0.2) is 0 Å². The van der Waals surface area contributed by atoms with Crippen molar-refractivity contribution in [1.29, 1.82) is 0 Å². The first-order valence-electron chi connectivity index (χ1n) is 7.25. The van der Waals surface area contributed by atoms with Crippen molar-refractivity contribution in [3.63, 3.8) is 0 Å². The molecule has 122 valence electrons. The summed E-state index contributed by atoms with van der Waals surface area (Å²) in [6.45, 7) is 4.89. The van der Waals surface area contributed by atoms with E-state index in [-0.39, 0.29) is 17.4 Å². The number of urea groups is 1. The molecule has 7 heteroatoms. The third-order valence-corrected chi connectivity index (χ3v) is 3.03. The Kier molecular flexibility index (Phi) is 6.78. The van der Waals surface area contributed by atoms with E-state index in [1.54, 1.807) is 12.1 Å². The average Bonchev–Trinajstić information content (AvgIpc) is 2.36. The second-order valence-electron chi connectivity index (χ2n) is 5.96. The van der Waals surface area contributed by atoms with Crippen LogP contribution in [0.2, 0.25) is 0 Å². The summed E-state index contributed by atoms with van der Waals surface area (Å²) < 4.78 is 0. The third kappa shape index (κ3) is 6.09. The van der Waals surface area contributed by atoms with Gasteiger partial charge in [0.2, 0.25) is 0 Å². The van der Waals surface area contributed by atoms with E-state index in [0.717, 1.165) is 6.42 Å². The smallest absolute Gasteiger partial charge is 0.319 e. The van der Waals surface area contributed by atoms with Gasteiger partial charge in [-0.05, 0) is 32.5 Å². The van der Waals surface area contributed by atoms with E-state index >= 15 is 0 Å². The molecule has 0 heterocycles. The first-order chi connectivity index (χ1) is 10.3. The number of amides is 2. The first kappa shape index (κ1) is 17.9. The summed E-state index contributed by atoms with van der Waals surface area (Å²) in [6, 6.07) is 5.64. The molecule has 1 aromatic carbocycles. The summed E-state index contributed by atoms with van der Waals surface area (Å²) in [5.41, 5.74) is 0.0730. The number of hydrogen-bond donors (Lipinski definition) is 2. The molecular formula is C15H24N4O3. The van der Waals surface area contributed by atoms with Crippen LogP contribution in [0, 0.1) is 16.0 Å². The van der Waals surface area contributed by atoms with Gasteiger partial charge in [0.1, 0.15) is 5.69 Å². The molecule has 0 fully saturated rings. The van der Waals surface area contributed by atoms with Gasteiger partial charge in [0.05, 0.1) is 4.92 Å². The molecule has 1 rings (SSSR count). The Morgan fingerprint density at radius 1 is 1.32 bits per heavy atom. The standard InChI is InChI=1S/C15H24N4O3/c1-11(2)9-12(10-18(3)4)16-15(20)17-13-7-5-6-8-14(13)19(21)22/h5-8,11-12H,9-10H2,1-4H3,(H2,16,17,20)/t12-/m1/s1. The SMILES string of the molecule is CC(C)C[C@H](CN(C)C)NC(=O)Nc1ccccc1[N+](=O)[O-]. The molecule has 2 N–H and O–H groups in total. The number of likely N-dealkylation sites (N-methyl/N-ethyl adjacent to an activating group) is 1. The number of nitro benzene ring substituents is 1. The highest BCUT2D eigenvalue weighted by Gasteiger charge is 2.18. The average molecular weight is 308 g/mol. The van der Waals surface area contributed by atoms with Crippen molar-refractivity contribution in [2.75, 3.05) is 26.0 Å². The molecule has 7 nitrogen and oxygen atoms in total. The summed E-state index contributed by atoms with van der Waals surface area (Å²) in [5.74, 6) is 0.441. The van der Waals surface area contributed by atoms with Crippen molar-refractivity contribution in [3.05, 3.63) is 34.4 Å². The van der Waals surface area contributed by atoms with E-state index in [1.165, 1.54) is 12.1 Å². The van der Waals surface area contributed by atoms with E-state index in [1.807, 2.05) is 19.0 Å². The topological polar surface area (TPSA) is 87.5 Å². The van der Waals surface area contributed by atoms with Gasteiger partial charge in [0, 0.05) is 18.7 Å². The van der Waals surface area contributed by atoms with E-state index < -0.39 is 11.0 Å². The Morgan fingerprint density at radius 2 is 1.95 bits per heavy atom. The molecular weight excluding hydrogens is 284 g/mol. The predicted molar refractivity (Wildman–Crippen MR) is 87.0 cm³/mol. The zero-order valence-corrected chi connectivity index (χ0v) is 13.5. The Bertz CT molecular complexity index is 507. The molecule has 0 saturated heterocycles. The summed E-state index contributed by atoms with van der Waals surface area (Å²) in [5, 5.41) is 16.4. The molecule has 0 aromatic heterocycles. The Labute approximate surface area is 130 Å². The lowest BCUT2D eigenvalue weighted by Crippen LogP contribution is -2.44. The van der Waals surface area contributed by atoms with E-state index in [9.17, 15) is 14.9 Å². The van der Waals surface area contributed by atoms with Crippen LogP contribution in [0.15, 0.2) is 24.3 Å². The molecule has 1 aromatic rings. The van der Waals surface area contributed by atoms with Gasteiger partial charge >= 0.3 is 6.03 Å². The lowest BCUT2D eigenvalue weighted by atomic mass is 10.0. The molecule has 0 aliphatic carbocycles. The summed E-state index contributed by atoms with van der Waals surface area (Å²) >= 11 is 0. The number of anilines is 1. The minimum Gasteiger partial charge on any atom is -0.334 e. The fourth-order valence-electron chi connectivity index (χ4n) is 2.27. The van der Waals surface area contributed by atoms with Crippen LogP contribution >= 0.6 is 0 Å². The second kappa shape index (κ2) is 8.33. The van der Waals surface area contributed by atoms with Crippen LogP contribution < -0.4 is 10.6 Å². The van der Waals surface area contributed by atoms with Gasteiger partial charge < -0.3 is 15.5 Å². The van der Waals surface area contributed by atoms with E-state index in [2.05, 4.69) is 24.5 Å². The lowest BCUT2D eigenvalue weighted by Gasteiger charge is -2.24. The van der Waals surface area contributed by atoms with Gasteiger partial charge in [-0.25, -0.2) is 4.79 Å². The van der Waals surface area contributed by atoms with Crippen LogP contribution in [0.4, 0.5) is 16.2 Å². The minimum atomic E-state index is -0.513. The molecule has 0 spiro atoms. The normalized spacial score (nSPS) is 12.3. The lowest BCUT2D eigenvalue weighted by molar-refractivity contribution is -0.383. The van der Waals surface area contributed by atoms with Crippen LogP contribution in [-0.4, -0.2) is 42.5 Å². The van der Waals surface area contributed by atoms with Crippen molar-refractivity contribution in [1.82, 2.24) is 10.2 Å². The number of nitro groups is 1. The van der Waals surface area contributed by atoms with E-state index in [4.69, 9.17) is 0 Å². The van der Waals surface area contributed by atoms with Crippen LogP contribution in [0.1, 0.15) is 20.3 Å². The number of nitrogens with zero attached hydrogens (tertiary/aromatic N) is 2. The zero-order valence-electron chi connectivity index (χ0n) is 13.5. The second-order valence-corrected chi connectivity index (χ2v) is 5.96. The van der Waals surface area contributed by atoms with Gasteiger partial charge in [-0.15, -0.1) is 0 Å². The first-order valence-corrected chi connectivity index (χ1v) is 7.25. The van der Waals surface area contributed by atoms with Crippen molar-refractivity contribution in [2.24, 2.45) is 5.92 Å². The summed E-state index contributed by atoms with van der Waals surface area (Å²) in [7, 11) is 3.88. The van der Waals surface area contributed by atoms with Crippen molar-refractivity contribution in [3.8, 4) is 0 Å². The number of nitrogens with one attached hydrogen (secondary N) is 2. The molecule has 0 bridgehead atoms. The largest absolute Gasteiger partial charge is 0.334 e. The number of carbonyl (C=O) groups excluding carboxylic acids is 1. The molecule has 0 radical (unpaired) electrons. The third-order valence-electron chi connectivity index (χ3n) is 3.03. The number of para-hydroxylation sites is 2. The maximum absolute atomic E-state index is 12.1. The molecule has 22 heavy (non-hydrogen) atoms. The highest BCUT2D eigenvalue weighted by Crippen LogP contribution is 2.22. The minimum absolute atomic E-state index is 0.0160. The molecule has 0 saturated carbocycles. The van der Waals surface area contributed by atoms with Crippen molar-refractivity contribution in [2.45, 2.75) is 26.3 Å². The number of benzene rings is 1. The predicted octanol–water partition coefficient (Wildman–Crippen LogP) is 2.69. The van der Waals surface area contributed by atoms with Gasteiger partial charge in [-0.1, -0.05) is 26.0 Å². The number of carbonyl (C=O) groups is 1. The fourth-order valence-corrected chi connectivity index (χ4v) is 2.27. The number of hydrogen-bond acceptors (Lipinski definition) is 4. The summed E-state index contributed by atoms with van der Waals surface area (Å²) in [6.07, 6.45) is 0.836. The highest BCUT2D eigenvalue weighted by atomic mass is 16.6. The van der Waals surface area contributed by atoms with Gasteiger partial charge in [-0.2, -0.15) is 0 Å². The van der Waals surface area contributed by atoms with E-state index in [0.29, 0.717) is 12.5 Å². The maximum atomic E-state index is 12.1. The molecule has 2 amide bonds. The fraction of sp³-hybridized carbons (Fsp3) is 0.533. The Hall–Kier alpha value is -2.15. The van der Waals surface area contributed by atoms with Crippen LogP contribution in [0.25, 0.3) is 0 Å². The molecule has 0 aliphatic rings. The molecule has 1 atom stereocenters. The molecule has 0 aliphatic heterocycles. The highest BCUT2D eigenvalue weighted by molar-refractivity contribution is 5.91. The molecule has 0 unspecified atom stereocenters. The zero-order chi connectivity index (χ0) is 16.7. The monoisotopic (exact) mass is 308 g/mol. The van der Waals surface area contributed by atoms with Crippen molar-refractivity contribution >= 4 is 17.4 Å². The Morgan fingerprint density at radius 3 is 2.50 bits per heavy atom. The quantitative estimate of drug-likeness (QED) is 0.599. The van der Waals surface area contributed by atoms with Gasteiger partial charge in [0.25, 0.3) is 5.69 Å². The van der Waals surface area contributed by atoms with Crippen LogP contribution in [0.3, 0.4) is 0 Å². The summed E-state index contributed by atoms with van der Waals surface area (Å²) in [4.78, 5) is 24.5. The van der Waals surface area contributed by atoms with Crippen molar-refractivity contribution < 1.29 is 9.72 Å².